The fraction of sp³-hybridized carbons (Fsp3) is 0.250. The number of aromatic nitrogens is 1. The minimum Gasteiger partial charge on any atom is -0.392 e. The molecule has 1 N–H and O–H groups in total. The van der Waals surface area contributed by atoms with Crippen LogP contribution in [0.4, 0.5) is 0 Å². The molecule has 1 aliphatic rings. The molecule has 1 aliphatic heterocycles. The van der Waals surface area contributed by atoms with Crippen molar-refractivity contribution >= 4 is 5.71 Å². The van der Waals surface area contributed by atoms with E-state index in [0.717, 1.165) is 23.3 Å². The molecule has 0 fully saturated rings. The van der Waals surface area contributed by atoms with E-state index in [-0.39, 0.29) is 6.10 Å². The molecule has 2 aromatic rings. The van der Waals surface area contributed by atoms with Crippen LogP contribution in [-0.2, 0) is 4.84 Å². The van der Waals surface area contributed by atoms with Crippen LogP contribution >= 0.6 is 0 Å². The number of hydrogen-bond acceptors (Lipinski definition) is 4. The van der Waals surface area contributed by atoms with Crippen LogP contribution in [0.25, 0.3) is 0 Å². The minimum absolute atomic E-state index is 0.0830. The molecule has 4 heteroatoms. The van der Waals surface area contributed by atoms with Gasteiger partial charge in [-0.05, 0) is 17.2 Å². The lowest BCUT2D eigenvalue weighted by Crippen LogP contribution is -2.13. The Labute approximate surface area is 117 Å². The summed E-state index contributed by atoms with van der Waals surface area (Å²) in [6.07, 6.45) is 3.96. The number of aliphatic hydroxyl groups excluding tert-OH is 1. The quantitative estimate of drug-likeness (QED) is 0.927. The summed E-state index contributed by atoms with van der Waals surface area (Å²) < 4.78 is 0. The molecule has 102 valence electrons. The molecule has 0 bridgehead atoms. The fourth-order valence-electron chi connectivity index (χ4n) is 2.31. The Hall–Kier alpha value is -2.20. The van der Waals surface area contributed by atoms with Crippen LogP contribution in [0.3, 0.4) is 0 Å². The van der Waals surface area contributed by atoms with Crippen molar-refractivity contribution in [1.29, 1.82) is 0 Å². The van der Waals surface area contributed by atoms with E-state index in [4.69, 9.17) is 4.84 Å². The Balaban J connectivity index is 1.60. The van der Waals surface area contributed by atoms with E-state index in [1.165, 1.54) is 0 Å². The molecule has 0 saturated carbocycles. The summed E-state index contributed by atoms with van der Waals surface area (Å²) in [5, 5.41) is 14.3. The van der Waals surface area contributed by atoms with E-state index >= 15 is 0 Å². The zero-order valence-electron chi connectivity index (χ0n) is 11.0. The van der Waals surface area contributed by atoms with Gasteiger partial charge in [-0.25, -0.2) is 0 Å². The van der Waals surface area contributed by atoms with Crippen molar-refractivity contribution in [3.63, 3.8) is 0 Å². The fourth-order valence-corrected chi connectivity index (χ4v) is 2.31. The van der Waals surface area contributed by atoms with Gasteiger partial charge in [0.1, 0.15) is 6.10 Å². The highest BCUT2D eigenvalue weighted by molar-refractivity contribution is 6.01. The van der Waals surface area contributed by atoms with Gasteiger partial charge in [0.15, 0.2) is 0 Å². The van der Waals surface area contributed by atoms with E-state index in [0.29, 0.717) is 6.42 Å². The summed E-state index contributed by atoms with van der Waals surface area (Å²) in [6, 6.07) is 13.7. The third-order valence-corrected chi connectivity index (χ3v) is 3.40. The zero-order chi connectivity index (χ0) is 13.8. The largest absolute Gasteiger partial charge is 0.392 e. The second-order valence-electron chi connectivity index (χ2n) is 4.87. The molecule has 2 heterocycles. The Morgan fingerprint density at radius 2 is 2.05 bits per heavy atom. The normalized spacial score (nSPS) is 19.2. The first kappa shape index (κ1) is 12.8. The second kappa shape index (κ2) is 5.84. The molecule has 0 aliphatic carbocycles. The van der Waals surface area contributed by atoms with Gasteiger partial charge < -0.3 is 9.94 Å². The highest BCUT2D eigenvalue weighted by atomic mass is 16.6. The van der Waals surface area contributed by atoms with Crippen molar-refractivity contribution in [2.75, 3.05) is 0 Å². The molecule has 20 heavy (non-hydrogen) atoms. The van der Waals surface area contributed by atoms with Gasteiger partial charge in [-0.2, -0.15) is 0 Å². The molecule has 0 amide bonds. The van der Waals surface area contributed by atoms with Crippen molar-refractivity contribution in [1.82, 2.24) is 4.98 Å². The smallest absolute Gasteiger partial charge is 0.136 e. The molecule has 0 saturated heterocycles. The van der Waals surface area contributed by atoms with Gasteiger partial charge in [-0.3, -0.25) is 4.98 Å². The van der Waals surface area contributed by atoms with E-state index < -0.39 is 6.10 Å². The van der Waals surface area contributed by atoms with Gasteiger partial charge in [0, 0.05) is 25.2 Å². The topological polar surface area (TPSA) is 54.7 Å². The predicted octanol–water partition coefficient (Wildman–Crippen LogP) is 2.70. The highest BCUT2D eigenvalue weighted by Crippen LogP contribution is 2.25. The molecule has 2 unspecified atom stereocenters. The maximum atomic E-state index is 10.2. The van der Waals surface area contributed by atoms with Crippen molar-refractivity contribution in [3.8, 4) is 0 Å². The maximum Gasteiger partial charge on any atom is 0.136 e. The maximum absolute atomic E-state index is 10.2. The second-order valence-corrected chi connectivity index (χ2v) is 4.87. The van der Waals surface area contributed by atoms with Gasteiger partial charge in [0.05, 0.1) is 11.8 Å². The van der Waals surface area contributed by atoms with Gasteiger partial charge in [0.25, 0.3) is 0 Å². The van der Waals surface area contributed by atoms with Crippen molar-refractivity contribution < 1.29 is 9.94 Å². The van der Waals surface area contributed by atoms with Crippen molar-refractivity contribution in [2.24, 2.45) is 5.16 Å². The average Bonchev–Trinajstić information content (AvgIpc) is 2.97. The third-order valence-electron chi connectivity index (χ3n) is 3.40. The number of benzene rings is 1. The number of aliphatic hydroxyl groups is 1. The summed E-state index contributed by atoms with van der Waals surface area (Å²) in [5.41, 5.74) is 2.82. The lowest BCUT2D eigenvalue weighted by Gasteiger charge is -2.14. The highest BCUT2D eigenvalue weighted by Gasteiger charge is 2.25. The van der Waals surface area contributed by atoms with Crippen LogP contribution in [-0.4, -0.2) is 21.9 Å². The Kier molecular flexibility index (Phi) is 3.74. The lowest BCUT2D eigenvalue weighted by molar-refractivity contribution is 0.0362. The van der Waals surface area contributed by atoms with Crippen LogP contribution < -0.4 is 0 Å². The minimum atomic E-state index is -0.570. The van der Waals surface area contributed by atoms with Crippen LogP contribution in [0.15, 0.2) is 60.0 Å². The first-order valence-corrected chi connectivity index (χ1v) is 6.69. The van der Waals surface area contributed by atoms with E-state index in [9.17, 15) is 5.11 Å². The molecule has 1 aromatic heterocycles. The monoisotopic (exact) mass is 268 g/mol. The summed E-state index contributed by atoms with van der Waals surface area (Å²) in [5.74, 6) is 0. The number of nitrogens with zero attached hydrogens (tertiary/aromatic N) is 2. The zero-order valence-corrected chi connectivity index (χ0v) is 11.0. The molecule has 0 spiro atoms. The first-order valence-electron chi connectivity index (χ1n) is 6.69. The Morgan fingerprint density at radius 3 is 2.80 bits per heavy atom. The Morgan fingerprint density at radius 1 is 1.20 bits per heavy atom. The van der Waals surface area contributed by atoms with Gasteiger partial charge >= 0.3 is 0 Å². The molecule has 0 radical (unpaired) electrons. The van der Waals surface area contributed by atoms with E-state index in [2.05, 4.69) is 10.1 Å². The van der Waals surface area contributed by atoms with Crippen LogP contribution in [0.1, 0.15) is 30.1 Å². The summed E-state index contributed by atoms with van der Waals surface area (Å²) in [4.78, 5) is 9.43. The molecule has 3 rings (SSSR count). The summed E-state index contributed by atoms with van der Waals surface area (Å²) in [6.45, 7) is 0. The third kappa shape index (κ3) is 2.86. The molecule has 1 aromatic carbocycles. The van der Waals surface area contributed by atoms with Crippen molar-refractivity contribution in [2.45, 2.75) is 25.0 Å². The van der Waals surface area contributed by atoms with E-state index in [1.807, 2.05) is 42.5 Å². The lowest BCUT2D eigenvalue weighted by atomic mass is 9.99. The van der Waals surface area contributed by atoms with Crippen LogP contribution in [0, 0.1) is 0 Å². The van der Waals surface area contributed by atoms with E-state index in [1.54, 1.807) is 12.4 Å². The Bertz CT molecular complexity index is 584. The number of rotatable bonds is 4. The van der Waals surface area contributed by atoms with Gasteiger partial charge in [-0.15, -0.1) is 0 Å². The van der Waals surface area contributed by atoms with Crippen LogP contribution in [0.5, 0.6) is 0 Å². The number of hydrogen-bond donors (Lipinski definition) is 1. The molecule has 4 nitrogen and oxygen atoms in total. The number of oxime groups is 1. The predicted molar refractivity (Wildman–Crippen MR) is 76.3 cm³/mol. The molecular formula is C16H16N2O2. The summed E-state index contributed by atoms with van der Waals surface area (Å²) >= 11 is 0. The summed E-state index contributed by atoms with van der Waals surface area (Å²) in [7, 11) is 0. The van der Waals surface area contributed by atoms with Gasteiger partial charge in [0.2, 0.25) is 0 Å². The molecular weight excluding hydrogens is 252 g/mol. The van der Waals surface area contributed by atoms with Crippen LogP contribution in [0.2, 0.25) is 0 Å². The van der Waals surface area contributed by atoms with Gasteiger partial charge in [-0.1, -0.05) is 41.6 Å². The molecule has 2 atom stereocenters. The SMILES string of the molecule is OC(CC1CC(c2ccccc2)=NO1)c1cccnc1. The number of pyridine rings is 1. The average molecular weight is 268 g/mol. The standard InChI is InChI=1S/C16H16N2O2/c19-16(13-7-4-8-17-11-13)10-14-9-15(18-20-14)12-5-2-1-3-6-12/h1-8,11,14,16,19H,9-10H2. The first-order chi connectivity index (χ1) is 9.83. The van der Waals surface area contributed by atoms with Crippen molar-refractivity contribution in [3.05, 3.63) is 66.0 Å².